The Hall–Kier alpha value is -3.61. The molecule has 0 aliphatic heterocycles. The number of ether oxygens (including phenoxy) is 1. The minimum absolute atomic E-state index is 0.0992. The molecule has 1 N–H and O–H groups in total. The summed E-state index contributed by atoms with van der Waals surface area (Å²) in [5.74, 6) is -1.58. The molecule has 0 bridgehead atoms. The number of carbonyl (C=O) groups excluding carboxylic acids is 2. The van der Waals surface area contributed by atoms with Crippen LogP contribution in [0, 0.1) is 6.92 Å². The Kier molecular flexibility index (Phi) is 7.30. The first-order valence-electron chi connectivity index (χ1n) is 10.6. The monoisotopic (exact) mass is 436 g/mol. The van der Waals surface area contributed by atoms with Crippen molar-refractivity contribution >= 4 is 22.8 Å². The van der Waals surface area contributed by atoms with Gasteiger partial charge in [0.2, 0.25) is 0 Å². The quantitative estimate of drug-likeness (QED) is 0.516. The first kappa shape index (κ1) is 23.1. The zero-order valence-corrected chi connectivity index (χ0v) is 18.3. The Morgan fingerprint density at radius 3 is 2.53 bits per heavy atom. The molecule has 0 fully saturated rings. The van der Waals surface area contributed by atoms with Crippen LogP contribution >= 0.6 is 0 Å². The Morgan fingerprint density at radius 1 is 1.16 bits per heavy atom. The number of fused-ring (bicyclic) bond motifs is 1. The third-order valence-electron chi connectivity index (χ3n) is 5.27. The number of aliphatic carboxylic acids is 1. The van der Waals surface area contributed by atoms with Gasteiger partial charge in [-0.2, -0.15) is 0 Å². The third-order valence-corrected chi connectivity index (χ3v) is 5.27. The summed E-state index contributed by atoms with van der Waals surface area (Å²) in [6.07, 6.45) is 0.749. The van der Waals surface area contributed by atoms with Crippen LogP contribution in [0.5, 0.6) is 5.75 Å². The average Bonchev–Trinajstić information content (AvgIpc) is 2.76. The molecule has 32 heavy (non-hydrogen) atoms. The fraction of sp³-hybridized carbons (Fsp3) is 0.320. The highest BCUT2D eigenvalue weighted by molar-refractivity contribution is 5.87. The lowest BCUT2D eigenvalue weighted by Crippen LogP contribution is -2.52. The highest BCUT2D eigenvalue weighted by Crippen LogP contribution is 2.29. The summed E-state index contributed by atoms with van der Waals surface area (Å²) in [7, 11) is 0. The van der Waals surface area contributed by atoms with E-state index < -0.39 is 29.6 Å². The number of aryl methyl sites for hydroxylation is 2. The summed E-state index contributed by atoms with van der Waals surface area (Å²) >= 11 is 0. The predicted octanol–water partition coefficient (Wildman–Crippen LogP) is 2.30. The molecule has 3 rings (SSSR count). The van der Waals surface area contributed by atoms with Crippen molar-refractivity contribution in [1.82, 2.24) is 5.32 Å². The van der Waals surface area contributed by atoms with Crippen molar-refractivity contribution in [1.29, 1.82) is 0 Å². The second-order valence-electron chi connectivity index (χ2n) is 7.74. The Bertz CT molecular complexity index is 1170. The summed E-state index contributed by atoms with van der Waals surface area (Å²) in [6.45, 7) is 5.31. The van der Waals surface area contributed by atoms with Crippen LogP contribution in [0.25, 0.3) is 11.0 Å². The molecule has 1 amide bonds. The van der Waals surface area contributed by atoms with Crippen molar-refractivity contribution in [2.75, 3.05) is 0 Å². The van der Waals surface area contributed by atoms with Crippen molar-refractivity contribution in [3.05, 3.63) is 75.6 Å². The molecule has 3 aromatic rings. The molecule has 0 spiro atoms. The molecule has 168 valence electrons. The van der Waals surface area contributed by atoms with E-state index in [0.717, 1.165) is 29.4 Å². The molecule has 0 unspecified atom stereocenters. The number of hydrogen-bond acceptors (Lipinski definition) is 6. The molecule has 0 saturated heterocycles. The number of hydrogen-bond donors (Lipinski definition) is 1. The maximum Gasteiger partial charge on any atom is 0.336 e. The number of amides is 1. The Labute approximate surface area is 186 Å². The molecule has 1 heterocycles. The highest BCUT2D eigenvalue weighted by Gasteiger charge is 2.22. The molecule has 2 atom stereocenters. The van der Waals surface area contributed by atoms with Crippen molar-refractivity contribution in [3.63, 3.8) is 0 Å². The number of carboxylic acid groups (broad SMARTS) is 1. The van der Waals surface area contributed by atoms with E-state index in [1.54, 1.807) is 43.3 Å². The van der Waals surface area contributed by atoms with Gasteiger partial charge in [-0.25, -0.2) is 4.79 Å². The molecule has 0 aliphatic rings. The van der Waals surface area contributed by atoms with E-state index in [9.17, 15) is 19.5 Å². The highest BCUT2D eigenvalue weighted by atomic mass is 16.5. The van der Waals surface area contributed by atoms with Gasteiger partial charge in [0.15, 0.2) is 6.10 Å². The van der Waals surface area contributed by atoms with Gasteiger partial charge >= 0.3 is 5.63 Å². The van der Waals surface area contributed by atoms with Crippen LogP contribution in [-0.4, -0.2) is 24.0 Å². The minimum atomic E-state index is -1.37. The van der Waals surface area contributed by atoms with Crippen molar-refractivity contribution in [3.8, 4) is 5.75 Å². The van der Waals surface area contributed by atoms with Crippen LogP contribution < -0.4 is 20.8 Å². The molecule has 2 aromatic carbocycles. The van der Waals surface area contributed by atoms with Gasteiger partial charge in [0.05, 0.1) is 12.0 Å². The van der Waals surface area contributed by atoms with Gasteiger partial charge in [-0.3, -0.25) is 4.79 Å². The van der Waals surface area contributed by atoms with E-state index in [4.69, 9.17) is 9.15 Å². The van der Waals surface area contributed by atoms with E-state index in [1.807, 2.05) is 13.0 Å². The number of nitrogens with one attached hydrogen (secondary N) is 1. The van der Waals surface area contributed by atoms with Crippen LogP contribution in [0.3, 0.4) is 0 Å². The number of carboxylic acids is 1. The second-order valence-corrected chi connectivity index (χ2v) is 7.74. The maximum atomic E-state index is 12.6. The average molecular weight is 436 g/mol. The lowest BCUT2D eigenvalue weighted by Gasteiger charge is -2.23. The fourth-order valence-corrected chi connectivity index (χ4v) is 3.59. The van der Waals surface area contributed by atoms with Gasteiger partial charge in [0.1, 0.15) is 11.3 Å². The molecular formula is C25H26NO6-. The van der Waals surface area contributed by atoms with Gasteiger partial charge in [0, 0.05) is 17.0 Å². The number of benzene rings is 2. The molecule has 7 nitrogen and oxygen atoms in total. The van der Waals surface area contributed by atoms with E-state index >= 15 is 0 Å². The third kappa shape index (κ3) is 5.35. The summed E-state index contributed by atoms with van der Waals surface area (Å²) < 4.78 is 11.2. The standard InChI is InChI=1S/C25H27NO6/c1-4-8-18-14-22(27)32-23-15(2)21(12-11-19(18)23)31-16(3)24(28)26-20(25(29)30)13-17-9-6-5-7-10-17/h5-7,9-12,14,16,20H,4,8,13H2,1-3H3,(H,26,28)(H,29,30)/p-1/t16-,20-/m0/s1. The van der Waals surface area contributed by atoms with Crippen LogP contribution in [0.15, 0.2) is 57.7 Å². The summed E-state index contributed by atoms with van der Waals surface area (Å²) in [4.78, 5) is 36.1. The first-order valence-corrected chi connectivity index (χ1v) is 10.6. The molecular weight excluding hydrogens is 410 g/mol. The molecule has 0 aliphatic carbocycles. The van der Waals surface area contributed by atoms with Crippen molar-refractivity contribution in [2.24, 2.45) is 0 Å². The summed E-state index contributed by atoms with van der Waals surface area (Å²) in [5.41, 5.74) is 2.24. The van der Waals surface area contributed by atoms with Gasteiger partial charge in [-0.05, 0) is 49.9 Å². The first-order chi connectivity index (χ1) is 15.3. The maximum absolute atomic E-state index is 12.6. The summed E-state index contributed by atoms with van der Waals surface area (Å²) in [5, 5.41) is 14.8. The SMILES string of the molecule is CCCc1cc(=O)oc2c(C)c(O[C@@H](C)C(=O)N[C@@H](Cc3ccccc3)C(=O)[O-])ccc12. The van der Waals surface area contributed by atoms with Crippen molar-refractivity contribution in [2.45, 2.75) is 52.2 Å². The van der Waals surface area contributed by atoms with Crippen LogP contribution in [0.4, 0.5) is 0 Å². The zero-order valence-electron chi connectivity index (χ0n) is 18.3. The van der Waals surface area contributed by atoms with Gasteiger partial charge in [-0.15, -0.1) is 0 Å². The van der Waals surface area contributed by atoms with Gasteiger partial charge < -0.3 is 24.4 Å². The largest absolute Gasteiger partial charge is 0.548 e. The van der Waals surface area contributed by atoms with Crippen molar-refractivity contribution < 1.29 is 23.8 Å². The van der Waals surface area contributed by atoms with E-state index in [2.05, 4.69) is 5.32 Å². The minimum Gasteiger partial charge on any atom is -0.548 e. The zero-order chi connectivity index (χ0) is 23.3. The topological polar surface area (TPSA) is 109 Å². The Morgan fingerprint density at radius 2 is 1.88 bits per heavy atom. The van der Waals surface area contributed by atoms with Crippen LogP contribution in [0.1, 0.15) is 37.0 Å². The number of rotatable bonds is 9. The van der Waals surface area contributed by atoms with E-state index in [1.165, 1.54) is 13.0 Å². The van der Waals surface area contributed by atoms with Gasteiger partial charge in [0.25, 0.3) is 5.91 Å². The molecule has 7 heteroatoms. The van der Waals surface area contributed by atoms with E-state index in [0.29, 0.717) is 16.9 Å². The van der Waals surface area contributed by atoms with E-state index in [-0.39, 0.29) is 6.42 Å². The Balaban J connectivity index is 1.77. The molecule has 0 saturated carbocycles. The molecule has 1 aromatic heterocycles. The molecule has 0 radical (unpaired) electrons. The number of carbonyl (C=O) groups is 2. The van der Waals surface area contributed by atoms with Crippen LogP contribution in [0.2, 0.25) is 0 Å². The normalized spacial score (nSPS) is 12.8. The second kappa shape index (κ2) is 10.1. The van der Waals surface area contributed by atoms with Crippen LogP contribution in [-0.2, 0) is 22.4 Å². The van der Waals surface area contributed by atoms with Gasteiger partial charge in [-0.1, -0.05) is 43.7 Å². The fourth-order valence-electron chi connectivity index (χ4n) is 3.59. The lowest BCUT2D eigenvalue weighted by molar-refractivity contribution is -0.308. The predicted molar refractivity (Wildman–Crippen MR) is 118 cm³/mol. The smallest absolute Gasteiger partial charge is 0.336 e. The lowest BCUT2D eigenvalue weighted by atomic mass is 10.0. The summed E-state index contributed by atoms with van der Waals surface area (Å²) in [6, 6.07) is 12.8.